The van der Waals surface area contributed by atoms with Crippen LogP contribution in [0.1, 0.15) is 27.1 Å². The summed E-state index contributed by atoms with van der Waals surface area (Å²) < 4.78 is 9.28. The van der Waals surface area contributed by atoms with Crippen LogP contribution in [0.25, 0.3) is 0 Å². The van der Waals surface area contributed by atoms with Crippen molar-refractivity contribution in [1.29, 1.82) is 0 Å². The van der Waals surface area contributed by atoms with Crippen molar-refractivity contribution in [3.05, 3.63) is 29.3 Å². The number of imide groups is 1. The minimum absolute atomic E-state index is 0.0144. The van der Waals surface area contributed by atoms with Crippen LogP contribution in [0.4, 0.5) is 5.69 Å². The van der Waals surface area contributed by atoms with Crippen LogP contribution in [0.15, 0.2) is 18.2 Å². The van der Waals surface area contributed by atoms with Gasteiger partial charge in [-0.25, -0.2) is 14.5 Å². The van der Waals surface area contributed by atoms with E-state index in [9.17, 15) is 19.2 Å². The molecule has 2 rings (SSSR count). The summed E-state index contributed by atoms with van der Waals surface area (Å²) in [6, 6.07) is 3.89. The second kappa shape index (κ2) is 8.13. The van der Waals surface area contributed by atoms with E-state index in [2.05, 4.69) is 9.47 Å². The number of aliphatic hydroxyl groups is 1. The number of carbonyl (C=O) groups excluding carboxylic acids is 4. The van der Waals surface area contributed by atoms with Gasteiger partial charge in [0.25, 0.3) is 0 Å². The Hall–Kier alpha value is -2.39. The summed E-state index contributed by atoms with van der Waals surface area (Å²) in [7, 11) is 2.36. The van der Waals surface area contributed by atoms with Crippen molar-refractivity contribution in [1.82, 2.24) is 0 Å². The summed E-state index contributed by atoms with van der Waals surface area (Å²) in [4.78, 5) is 49.3. The molecule has 0 aromatic heterocycles. The second-order valence-corrected chi connectivity index (χ2v) is 6.42. The minimum Gasteiger partial charge on any atom is -0.465 e. The van der Waals surface area contributed by atoms with Gasteiger partial charge in [0, 0.05) is 12.2 Å². The molecule has 1 aliphatic heterocycles. The van der Waals surface area contributed by atoms with E-state index in [4.69, 9.17) is 5.11 Å². The van der Waals surface area contributed by atoms with Crippen molar-refractivity contribution in [2.24, 2.45) is 0 Å². The number of benzene rings is 1. The van der Waals surface area contributed by atoms with E-state index in [0.717, 1.165) is 4.90 Å². The molecule has 1 atom stereocenters. The molecular weight excluding hydrogens is 350 g/mol. The van der Waals surface area contributed by atoms with Crippen molar-refractivity contribution < 1.29 is 33.8 Å². The number of ether oxygens (including phenoxy) is 2. The lowest BCUT2D eigenvalue weighted by Crippen LogP contribution is -2.31. The lowest BCUT2D eigenvalue weighted by Gasteiger charge is -2.17. The third-order valence-corrected chi connectivity index (χ3v) is 4.72. The summed E-state index contributed by atoms with van der Waals surface area (Å²) in [5.74, 6) is -2.00. The molecule has 25 heavy (non-hydrogen) atoms. The average Bonchev–Trinajstić information content (AvgIpc) is 2.91. The molecule has 1 N–H and O–H groups in total. The summed E-state index contributed by atoms with van der Waals surface area (Å²) >= 11 is 1.18. The number of hydrogen-bond donors (Lipinski definition) is 1. The zero-order valence-corrected chi connectivity index (χ0v) is 14.5. The molecule has 1 aliphatic rings. The van der Waals surface area contributed by atoms with Gasteiger partial charge in [-0.05, 0) is 18.2 Å². The normalized spacial score (nSPS) is 16.9. The standard InChI is InChI=1S/C16H17NO7S/c1-23-15(21)9-5-10(16(22)24-2)7-11(6-9)17-13(19)8-12(14(17)20)25-4-3-18/h5-7,12,18H,3-4,8H2,1-2H3/t12-/m0/s1. The molecule has 1 heterocycles. The molecule has 8 nitrogen and oxygen atoms in total. The van der Waals surface area contributed by atoms with Crippen LogP contribution in [0.3, 0.4) is 0 Å². The highest BCUT2D eigenvalue weighted by molar-refractivity contribution is 8.00. The van der Waals surface area contributed by atoms with Crippen LogP contribution in [0.5, 0.6) is 0 Å². The lowest BCUT2D eigenvalue weighted by atomic mass is 10.1. The number of nitrogens with zero attached hydrogens (tertiary/aromatic N) is 1. The first-order valence-corrected chi connectivity index (χ1v) is 8.38. The molecule has 1 saturated heterocycles. The van der Waals surface area contributed by atoms with Gasteiger partial charge < -0.3 is 14.6 Å². The van der Waals surface area contributed by atoms with Crippen LogP contribution in [-0.4, -0.2) is 60.7 Å². The Bertz CT molecular complexity index is 684. The first-order valence-electron chi connectivity index (χ1n) is 7.34. The molecule has 0 radical (unpaired) electrons. The zero-order chi connectivity index (χ0) is 18.6. The van der Waals surface area contributed by atoms with Crippen molar-refractivity contribution in [3.63, 3.8) is 0 Å². The van der Waals surface area contributed by atoms with Crippen LogP contribution in [0.2, 0.25) is 0 Å². The highest BCUT2D eigenvalue weighted by Crippen LogP contribution is 2.31. The third-order valence-electron chi connectivity index (χ3n) is 3.53. The number of hydrogen-bond acceptors (Lipinski definition) is 8. The van der Waals surface area contributed by atoms with Gasteiger partial charge in [-0.3, -0.25) is 9.59 Å². The van der Waals surface area contributed by atoms with E-state index in [1.165, 1.54) is 44.2 Å². The maximum absolute atomic E-state index is 12.5. The number of methoxy groups -OCH3 is 2. The topological polar surface area (TPSA) is 110 Å². The van der Waals surface area contributed by atoms with Crippen molar-refractivity contribution in [3.8, 4) is 0 Å². The molecule has 0 aliphatic carbocycles. The SMILES string of the molecule is COC(=O)c1cc(C(=O)OC)cc(N2C(=O)C[C@H](SCCO)C2=O)c1. The summed E-state index contributed by atoms with van der Waals surface area (Å²) in [5.41, 5.74) is 0.144. The van der Waals surface area contributed by atoms with Gasteiger partial charge in [0.15, 0.2) is 0 Å². The highest BCUT2D eigenvalue weighted by Gasteiger charge is 2.40. The fraction of sp³-hybridized carbons (Fsp3) is 0.375. The van der Waals surface area contributed by atoms with Crippen LogP contribution in [0, 0.1) is 0 Å². The molecule has 0 saturated carbocycles. The first kappa shape index (κ1) is 18.9. The number of anilines is 1. The smallest absolute Gasteiger partial charge is 0.337 e. The van der Waals surface area contributed by atoms with E-state index in [1.54, 1.807) is 0 Å². The maximum atomic E-state index is 12.5. The first-order chi connectivity index (χ1) is 11.9. The molecule has 9 heteroatoms. The number of aliphatic hydroxyl groups excluding tert-OH is 1. The predicted octanol–water partition coefficient (Wildman–Crippen LogP) is 0.617. The highest BCUT2D eigenvalue weighted by atomic mass is 32.2. The van der Waals surface area contributed by atoms with Gasteiger partial charge in [0.05, 0.1) is 42.9 Å². The van der Waals surface area contributed by atoms with E-state index in [1.807, 2.05) is 0 Å². The molecular formula is C16H17NO7S. The fourth-order valence-corrected chi connectivity index (χ4v) is 3.31. The van der Waals surface area contributed by atoms with Crippen LogP contribution >= 0.6 is 11.8 Å². The number of amides is 2. The summed E-state index contributed by atoms with van der Waals surface area (Å²) in [6.45, 7) is -0.104. The van der Waals surface area contributed by atoms with Gasteiger partial charge in [-0.1, -0.05) is 0 Å². The van der Waals surface area contributed by atoms with Crippen molar-refractivity contribution in [2.45, 2.75) is 11.7 Å². The van der Waals surface area contributed by atoms with E-state index >= 15 is 0 Å². The Morgan fingerprint density at radius 3 is 2.20 bits per heavy atom. The monoisotopic (exact) mass is 367 g/mol. The molecule has 134 valence electrons. The van der Waals surface area contributed by atoms with Gasteiger partial charge in [-0.15, -0.1) is 11.8 Å². The van der Waals surface area contributed by atoms with Crippen LogP contribution < -0.4 is 4.90 Å². The number of thioether (sulfide) groups is 1. The Balaban J connectivity index is 2.43. The molecule has 1 aromatic carbocycles. The van der Waals surface area contributed by atoms with Crippen molar-refractivity contribution >= 4 is 41.2 Å². The lowest BCUT2D eigenvalue weighted by molar-refractivity contribution is -0.121. The largest absolute Gasteiger partial charge is 0.465 e. The maximum Gasteiger partial charge on any atom is 0.337 e. The van der Waals surface area contributed by atoms with E-state index in [0.29, 0.717) is 5.75 Å². The fourth-order valence-electron chi connectivity index (χ4n) is 2.41. The Morgan fingerprint density at radius 1 is 1.16 bits per heavy atom. The molecule has 2 amide bonds. The molecule has 1 fully saturated rings. The predicted molar refractivity (Wildman–Crippen MR) is 89.6 cm³/mol. The van der Waals surface area contributed by atoms with Crippen molar-refractivity contribution in [2.75, 3.05) is 31.5 Å². The van der Waals surface area contributed by atoms with E-state index in [-0.39, 0.29) is 29.8 Å². The number of rotatable bonds is 6. The van der Waals surface area contributed by atoms with Gasteiger partial charge in [0.1, 0.15) is 0 Å². The molecule has 0 bridgehead atoms. The van der Waals surface area contributed by atoms with Gasteiger partial charge in [0.2, 0.25) is 11.8 Å². The quantitative estimate of drug-likeness (QED) is 0.575. The minimum atomic E-state index is -0.711. The summed E-state index contributed by atoms with van der Waals surface area (Å²) in [6.07, 6.45) is -0.0144. The Kier molecular flexibility index (Phi) is 6.16. The van der Waals surface area contributed by atoms with Gasteiger partial charge >= 0.3 is 11.9 Å². The molecule has 0 spiro atoms. The van der Waals surface area contributed by atoms with Gasteiger partial charge in [-0.2, -0.15) is 0 Å². The Labute approximate surface area is 148 Å². The van der Waals surface area contributed by atoms with Crippen LogP contribution in [-0.2, 0) is 19.1 Å². The average molecular weight is 367 g/mol. The number of esters is 2. The number of carbonyl (C=O) groups is 4. The second-order valence-electron chi connectivity index (χ2n) is 5.11. The summed E-state index contributed by atoms with van der Waals surface area (Å²) in [5, 5.41) is 8.27. The third kappa shape index (κ3) is 3.99. The molecule has 0 unspecified atom stereocenters. The van der Waals surface area contributed by atoms with E-state index < -0.39 is 29.0 Å². The zero-order valence-electron chi connectivity index (χ0n) is 13.7. The molecule has 1 aromatic rings. The Morgan fingerprint density at radius 2 is 1.72 bits per heavy atom.